The zero-order valence-electron chi connectivity index (χ0n) is 29.9. The van der Waals surface area contributed by atoms with Crippen molar-refractivity contribution in [1.82, 2.24) is 34.6 Å². The number of phosphoric acid groups is 3. The first-order valence-electron chi connectivity index (χ1n) is 16.8. The Morgan fingerprint density at radius 1 is 1.10 bits per heavy atom. The zero-order chi connectivity index (χ0) is 42.5. The Bertz CT molecular complexity index is 2470. The number of alkyl carbamates (subject to hydrolysis) is 1. The van der Waals surface area contributed by atoms with E-state index >= 15 is 8.63 Å². The first kappa shape index (κ1) is 43.2. The number of aromatic nitrogens is 5. The quantitative estimate of drug-likeness (QED) is 0.0551. The van der Waals surface area contributed by atoms with Gasteiger partial charge in [-0.25, -0.2) is 23.5 Å². The Balaban J connectivity index is 1.06. The topological polar surface area (TPSA) is 354 Å². The lowest BCUT2D eigenvalue weighted by molar-refractivity contribution is -0.362. The average Bonchev–Trinajstić information content (AvgIpc) is 3.84. The van der Waals surface area contributed by atoms with Crippen molar-refractivity contribution in [2.24, 2.45) is 0 Å². The summed E-state index contributed by atoms with van der Waals surface area (Å²) in [6, 6.07) is 1.67. The number of carbonyl (C=O) groups is 2. The third-order valence-corrected chi connectivity index (χ3v) is 12.6. The summed E-state index contributed by atoms with van der Waals surface area (Å²) < 4.78 is 92.3. The highest BCUT2D eigenvalue weighted by atomic mass is 31.3. The number of hydrogen-bond donors (Lipinski definition) is 9. The minimum atomic E-state index is -5.91. The number of aryl methyl sites for hydroxylation is 2. The molecule has 6 rings (SSSR count). The molecule has 3 aliphatic heterocycles. The lowest BCUT2D eigenvalue weighted by atomic mass is 9.90. The van der Waals surface area contributed by atoms with E-state index in [-0.39, 0.29) is 48.8 Å². The van der Waals surface area contributed by atoms with Crippen molar-refractivity contribution in [3.63, 3.8) is 0 Å². The molecule has 0 aliphatic carbocycles. The average molecular weight is 883 g/mol. The van der Waals surface area contributed by atoms with E-state index in [2.05, 4.69) is 38.7 Å². The summed E-state index contributed by atoms with van der Waals surface area (Å²) in [6.07, 6.45) is -2.77. The number of H-pyrrole nitrogens is 1. The highest BCUT2D eigenvalue weighted by molar-refractivity contribution is 7.66. The highest BCUT2D eigenvalue weighted by Gasteiger charge is 2.53. The van der Waals surface area contributed by atoms with Crippen LogP contribution < -0.4 is 21.9 Å². The smallest absolute Gasteiger partial charge is 0.440 e. The van der Waals surface area contributed by atoms with E-state index in [1.165, 1.54) is 6.08 Å². The number of fused-ring (bicyclic) bond motifs is 3. The number of carbonyl (C=O) groups excluding carboxylic acids is 2. The molecule has 2 amide bonds. The van der Waals surface area contributed by atoms with Gasteiger partial charge in [-0.2, -0.15) is 13.6 Å². The molecule has 3 aromatic rings. The van der Waals surface area contributed by atoms with Gasteiger partial charge in [-0.1, -0.05) is 0 Å². The van der Waals surface area contributed by atoms with E-state index in [0.29, 0.717) is 22.6 Å². The third kappa shape index (κ3) is 9.23. The molecule has 6 atom stereocenters. The number of amides is 2. The fraction of sp³-hybridized carbons (Fsp3) is 0.407. The molecule has 2 unspecified atom stereocenters. The number of phosphoric ester groups is 1. The predicted molar refractivity (Wildman–Crippen MR) is 192 cm³/mol. The number of allylic oxidation sites excluding steroid dienone is 2. The van der Waals surface area contributed by atoms with Gasteiger partial charge < -0.3 is 68.1 Å². The fourth-order valence-corrected chi connectivity index (χ4v) is 9.62. The van der Waals surface area contributed by atoms with Gasteiger partial charge in [-0.3, -0.25) is 23.7 Å². The molecule has 0 aromatic carbocycles. The van der Waals surface area contributed by atoms with Crippen LogP contribution in [0.2, 0.25) is 0 Å². The summed E-state index contributed by atoms with van der Waals surface area (Å²) in [4.78, 5) is 84.7. The summed E-state index contributed by atoms with van der Waals surface area (Å²) in [5.74, 6) is -0.898. The number of aliphatic hydroxyl groups excluding tert-OH is 1. The van der Waals surface area contributed by atoms with Crippen molar-refractivity contribution in [2.75, 3.05) is 25.4 Å². The van der Waals surface area contributed by atoms with Gasteiger partial charge in [0.15, 0.2) is 29.2 Å². The first-order chi connectivity index (χ1) is 27.0. The Morgan fingerprint density at radius 3 is 2.52 bits per heavy atom. The number of rotatable bonds is 15. The molecule has 58 heavy (non-hydrogen) atoms. The summed E-state index contributed by atoms with van der Waals surface area (Å²) in [6.45, 7) is -2.51. The molecule has 1 fully saturated rings. The molecule has 31 heteroatoms. The fourth-order valence-electron chi connectivity index (χ4n) is 6.59. The molecule has 316 valence electrons. The van der Waals surface area contributed by atoms with Crippen LogP contribution in [0.25, 0.3) is 17.2 Å². The second-order valence-corrected chi connectivity index (χ2v) is 17.4. The number of anilines is 1. The molecule has 3 aliphatic rings. The Hall–Kier alpha value is -4.43. The molecule has 0 bridgehead atoms. The van der Waals surface area contributed by atoms with Gasteiger partial charge in [-0.15, -0.1) is 0 Å². The van der Waals surface area contributed by atoms with Crippen LogP contribution in [0.1, 0.15) is 36.0 Å². The van der Waals surface area contributed by atoms with Gasteiger partial charge >= 0.3 is 36.5 Å². The number of hydrogen-bond acceptors (Lipinski definition) is 15. The lowest BCUT2D eigenvalue weighted by Gasteiger charge is -2.30. The molecule has 25 nitrogen and oxygen atoms in total. The number of imidazole rings is 1. The van der Waals surface area contributed by atoms with E-state index in [1.807, 2.05) is 0 Å². The molecule has 0 saturated carbocycles. The molecule has 10 N–H and O–H groups in total. The van der Waals surface area contributed by atoms with Crippen LogP contribution in [0.5, 0.6) is 0 Å². The van der Waals surface area contributed by atoms with E-state index in [4.69, 9.17) is 25.0 Å². The maximum absolute atomic E-state index is 15.7. The maximum Gasteiger partial charge on any atom is 0.737 e. The first-order valence-corrected chi connectivity index (χ1v) is 21.3. The third-order valence-electron chi connectivity index (χ3n) is 8.83. The number of nitrogens with zero attached hydrogens (tertiary/aromatic N) is 5. The van der Waals surface area contributed by atoms with E-state index in [0.717, 1.165) is 19.9 Å². The maximum atomic E-state index is 15.7. The van der Waals surface area contributed by atoms with Crippen LogP contribution in [0, 0.1) is 13.8 Å². The van der Waals surface area contributed by atoms with Gasteiger partial charge in [0, 0.05) is 49.9 Å². The van der Waals surface area contributed by atoms with Crippen molar-refractivity contribution in [3.8, 4) is 0 Å². The second kappa shape index (κ2) is 16.0. The second-order valence-electron chi connectivity index (χ2n) is 12.9. The summed E-state index contributed by atoms with van der Waals surface area (Å²) in [5.41, 5.74) is 6.40. The van der Waals surface area contributed by atoms with Crippen LogP contribution >= 0.6 is 23.5 Å². The Kier molecular flexibility index (Phi) is 11.9. The van der Waals surface area contributed by atoms with Crippen LogP contribution in [0.4, 0.5) is 19.4 Å². The van der Waals surface area contributed by atoms with Crippen LogP contribution in [0.15, 0.2) is 35.0 Å². The highest BCUT2D eigenvalue weighted by Crippen LogP contribution is 2.66. The standard InChI is InChI=1S/C27H35BF2N9O16P3/c1-13-9-14(2)38-17(13)10-16-4-3-15(39(16)28(38,29)30)5-6-19(40)32-7-8-33-27(43)53-22-18(11-51-57(47,48)55-58(49,50)54-56(44,45)46)52-25(21(22)41)37-12-34-20-23(37)35-26(31)36-24(20)42/h3-4,9-10,12,18,21-22,25,41H,5-8,11H2,1-2H3,(H,32,40)(H,33,43)(H,47,48)(H,49,50)(H2,44,45,46)(H3,31,35,36,42)/t18-,21-,22-,25-/m1/s1. The summed E-state index contributed by atoms with van der Waals surface area (Å²) >= 11 is 0. The molecular formula is C27H35BF2N9O16P3. The number of nitrogens with one attached hydrogen (secondary N) is 3. The lowest BCUT2D eigenvalue weighted by Crippen LogP contribution is -2.50. The predicted octanol–water partition coefficient (Wildman–Crippen LogP) is 0.0136. The monoisotopic (exact) mass is 883 g/mol. The largest absolute Gasteiger partial charge is 0.737 e. The number of nitrogen functional groups attached to an aromatic ring is 1. The van der Waals surface area contributed by atoms with E-state index in [1.54, 1.807) is 32.1 Å². The van der Waals surface area contributed by atoms with Crippen molar-refractivity contribution in [2.45, 2.75) is 51.2 Å². The van der Waals surface area contributed by atoms with Crippen molar-refractivity contribution in [1.29, 1.82) is 0 Å². The molecular weight excluding hydrogens is 848 g/mol. The number of aliphatic hydroxyl groups is 1. The van der Waals surface area contributed by atoms with Gasteiger partial charge in [0.25, 0.3) is 5.56 Å². The molecule has 6 heterocycles. The van der Waals surface area contributed by atoms with Gasteiger partial charge in [-0.05, 0) is 31.2 Å². The van der Waals surface area contributed by atoms with Crippen LogP contribution in [0.3, 0.4) is 0 Å². The normalized spacial score (nSPS) is 23.2. The van der Waals surface area contributed by atoms with Crippen molar-refractivity contribution in [3.05, 3.63) is 57.5 Å². The van der Waals surface area contributed by atoms with E-state index in [9.17, 15) is 43.0 Å². The molecule has 1 saturated heterocycles. The zero-order valence-corrected chi connectivity index (χ0v) is 32.6. The van der Waals surface area contributed by atoms with Crippen LogP contribution in [-0.4, -0.2) is 116 Å². The van der Waals surface area contributed by atoms with Gasteiger partial charge in [0.05, 0.1) is 12.9 Å². The van der Waals surface area contributed by atoms with Crippen molar-refractivity contribution < 1.29 is 83.7 Å². The summed E-state index contributed by atoms with van der Waals surface area (Å²) in [7, 11) is -17.3. The van der Waals surface area contributed by atoms with Gasteiger partial charge in [0.1, 0.15) is 17.9 Å². The van der Waals surface area contributed by atoms with Gasteiger partial charge in [0.2, 0.25) is 11.9 Å². The molecule has 3 aromatic heterocycles. The van der Waals surface area contributed by atoms with E-state index < -0.39 is 79.1 Å². The minimum Gasteiger partial charge on any atom is -0.440 e. The summed E-state index contributed by atoms with van der Waals surface area (Å²) in [5, 5.41) is 16.0. The number of halogens is 2. The number of aromatic amines is 1. The minimum absolute atomic E-state index is 0.0353. The molecule has 0 radical (unpaired) electrons. The Labute approximate surface area is 323 Å². The molecule has 0 spiro atoms. The number of nitrogens with two attached hydrogens (primary N) is 1. The van der Waals surface area contributed by atoms with Crippen molar-refractivity contribution >= 4 is 71.3 Å². The number of ether oxygens (including phenoxy) is 2. The Morgan fingerprint density at radius 2 is 1.81 bits per heavy atom. The van der Waals surface area contributed by atoms with Crippen LogP contribution in [-0.2, 0) is 41.1 Å². The SMILES string of the molecule is Cc1cc(C)n2c1C=C1C=CC(CCC(=O)NCCNC(=O)O[C@H]3[C@@H](O)[C@H](n4cnc5c(=O)[nH]c(N)nc54)O[C@@H]3COP(=O)(O)OP(=O)(O)OP(=O)(O)O)=[N+]1[B-]2(F)F.